The molecule has 0 atom stereocenters. The van der Waals surface area contributed by atoms with E-state index < -0.39 is 23.0 Å². The molecule has 0 bridgehead atoms. The summed E-state index contributed by atoms with van der Waals surface area (Å²) in [4.78, 5) is 11.4. The maximum atomic E-state index is 13.2. The highest BCUT2D eigenvalue weighted by molar-refractivity contribution is 5.81. The van der Waals surface area contributed by atoms with Crippen molar-refractivity contribution in [3.63, 3.8) is 0 Å². The Morgan fingerprint density at radius 1 is 1.18 bits per heavy atom. The van der Waals surface area contributed by atoms with Gasteiger partial charge in [-0.25, -0.2) is 8.78 Å². The molecular formula is C12H13F2NO2. The molecule has 1 aliphatic heterocycles. The fraction of sp³-hybridized carbons (Fsp3) is 0.417. The molecular weight excluding hydrogens is 228 g/mol. The maximum Gasteiger partial charge on any atom is 0.314 e. The molecule has 0 radical (unpaired) electrons. The first-order valence-corrected chi connectivity index (χ1v) is 5.45. The van der Waals surface area contributed by atoms with Crippen molar-refractivity contribution in [3.8, 4) is 0 Å². The molecule has 17 heavy (non-hydrogen) atoms. The number of carbonyl (C=O) groups is 1. The van der Waals surface area contributed by atoms with Gasteiger partial charge in [0.2, 0.25) is 0 Å². The van der Waals surface area contributed by atoms with Crippen molar-refractivity contribution in [3.05, 3.63) is 35.4 Å². The van der Waals surface area contributed by atoms with E-state index in [1.807, 2.05) is 0 Å². The van der Waals surface area contributed by atoms with Crippen LogP contribution in [0.5, 0.6) is 0 Å². The van der Waals surface area contributed by atoms with Gasteiger partial charge >= 0.3 is 5.97 Å². The number of hydrogen-bond acceptors (Lipinski definition) is 2. The number of aliphatic carboxylic acids is 1. The Morgan fingerprint density at radius 3 is 2.18 bits per heavy atom. The smallest absolute Gasteiger partial charge is 0.314 e. The van der Waals surface area contributed by atoms with Gasteiger partial charge in [-0.3, -0.25) is 4.79 Å². The molecule has 0 aromatic heterocycles. The van der Waals surface area contributed by atoms with Crippen LogP contribution in [0.3, 0.4) is 0 Å². The second-order valence-electron chi connectivity index (χ2n) is 4.30. The fourth-order valence-electron chi connectivity index (χ4n) is 2.31. The lowest BCUT2D eigenvalue weighted by molar-refractivity contribution is -0.145. The van der Waals surface area contributed by atoms with Gasteiger partial charge in [-0.2, -0.15) is 0 Å². The molecule has 1 aromatic rings. The maximum absolute atomic E-state index is 13.2. The SMILES string of the molecule is O=C(O)C1(c2cc(F)cc(F)c2)CCNCC1. The number of hydrogen-bond donors (Lipinski definition) is 2. The zero-order valence-corrected chi connectivity index (χ0v) is 9.17. The summed E-state index contributed by atoms with van der Waals surface area (Å²) in [5.41, 5.74) is -0.960. The molecule has 3 nitrogen and oxygen atoms in total. The van der Waals surface area contributed by atoms with Crippen LogP contribution in [-0.4, -0.2) is 24.2 Å². The van der Waals surface area contributed by atoms with E-state index in [-0.39, 0.29) is 5.56 Å². The molecule has 0 spiro atoms. The van der Waals surface area contributed by atoms with Gasteiger partial charge in [0.25, 0.3) is 0 Å². The number of rotatable bonds is 2. The van der Waals surface area contributed by atoms with Crippen molar-refractivity contribution in [2.24, 2.45) is 0 Å². The summed E-state index contributed by atoms with van der Waals surface area (Å²) in [5, 5.41) is 12.4. The minimum Gasteiger partial charge on any atom is -0.481 e. The summed E-state index contributed by atoms with van der Waals surface area (Å²) in [6, 6.07) is 2.98. The molecule has 1 heterocycles. The fourth-order valence-corrected chi connectivity index (χ4v) is 2.31. The molecule has 2 N–H and O–H groups in total. The van der Waals surface area contributed by atoms with E-state index in [1.165, 1.54) is 0 Å². The minimum atomic E-state index is -1.17. The third kappa shape index (κ3) is 2.15. The average Bonchev–Trinajstić information content (AvgIpc) is 2.28. The van der Waals surface area contributed by atoms with Crippen LogP contribution in [0, 0.1) is 11.6 Å². The lowest BCUT2D eigenvalue weighted by atomic mass is 9.73. The summed E-state index contributed by atoms with van der Waals surface area (Å²) >= 11 is 0. The van der Waals surface area contributed by atoms with E-state index in [4.69, 9.17) is 0 Å². The summed E-state index contributed by atoms with van der Waals surface area (Å²) in [7, 11) is 0. The monoisotopic (exact) mass is 241 g/mol. The first kappa shape index (κ1) is 12.0. The molecule has 1 aliphatic rings. The number of carboxylic acids is 1. The minimum absolute atomic E-state index is 0.212. The van der Waals surface area contributed by atoms with Crippen LogP contribution in [0.1, 0.15) is 18.4 Å². The number of carboxylic acid groups (broad SMARTS) is 1. The summed E-state index contributed by atoms with van der Waals surface area (Å²) in [6.07, 6.45) is 0.677. The average molecular weight is 241 g/mol. The van der Waals surface area contributed by atoms with Crippen molar-refractivity contribution in [2.75, 3.05) is 13.1 Å². The molecule has 0 aliphatic carbocycles. The Bertz CT molecular complexity index is 422. The van der Waals surface area contributed by atoms with Gasteiger partial charge in [0.1, 0.15) is 11.6 Å². The van der Waals surface area contributed by atoms with Gasteiger partial charge in [-0.1, -0.05) is 0 Å². The third-order valence-electron chi connectivity index (χ3n) is 3.28. The molecule has 2 rings (SSSR count). The molecule has 5 heteroatoms. The highest BCUT2D eigenvalue weighted by Crippen LogP contribution is 2.34. The third-order valence-corrected chi connectivity index (χ3v) is 3.28. The van der Waals surface area contributed by atoms with Crippen LogP contribution in [0.25, 0.3) is 0 Å². The molecule has 1 aromatic carbocycles. The Hall–Kier alpha value is -1.49. The Morgan fingerprint density at radius 2 is 1.71 bits per heavy atom. The molecule has 0 unspecified atom stereocenters. The predicted octanol–water partition coefficient (Wildman–Crippen LogP) is 1.67. The van der Waals surface area contributed by atoms with E-state index in [9.17, 15) is 18.7 Å². The normalized spacial score (nSPS) is 18.9. The van der Waals surface area contributed by atoms with Crippen LogP contribution in [0.4, 0.5) is 8.78 Å². The van der Waals surface area contributed by atoms with E-state index in [2.05, 4.69) is 5.32 Å². The van der Waals surface area contributed by atoms with E-state index in [1.54, 1.807) is 0 Å². The Balaban J connectivity index is 2.48. The standard InChI is InChI=1S/C12H13F2NO2/c13-9-5-8(6-10(14)7-9)12(11(16)17)1-3-15-4-2-12/h5-7,15H,1-4H2,(H,16,17). The zero-order chi connectivity index (χ0) is 12.5. The van der Waals surface area contributed by atoms with Gasteiger partial charge in [-0.05, 0) is 43.6 Å². The number of halogens is 2. The number of nitrogens with one attached hydrogen (secondary N) is 1. The van der Waals surface area contributed by atoms with Crippen LogP contribution >= 0.6 is 0 Å². The molecule has 1 saturated heterocycles. The van der Waals surface area contributed by atoms with Crippen molar-refractivity contribution < 1.29 is 18.7 Å². The zero-order valence-electron chi connectivity index (χ0n) is 9.17. The summed E-state index contributed by atoms with van der Waals surface area (Å²) < 4.78 is 26.3. The summed E-state index contributed by atoms with van der Waals surface area (Å²) in [5.74, 6) is -2.50. The highest BCUT2D eigenvalue weighted by atomic mass is 19.1. The van der Waals surface area contributed by atoms with Gasteiger partial charge in [-0.15, -0.1) is 0 Å². The van der Waals surface area contributed by atoms with Gasteiger partial charge in [0, 0.05) is 6.07 Å². The van der Waals surface area contributed by atoms with Crippen molar-refractivity contribution in [2.45, 2.75) is 18.3 Å². The van der Waals surface area contributed by atoms with Crippen LogP contribution in [-0.2, 0) is 10.2 Å². The molecule has 92 valence electrons. The first-order chi connectivity index (χ1) is 8.04. The van der Waals surface area contributed by atoms with Crippen LogP contribution < -0.4 is 5.32 Å². The van der Waals surface area contributed by atoms with E-state index in [0.29, 0.717) is 25.9 Å². The largest absolute Gasteiger partial charge is 0.481 e. The second kappa shape index (κ2) is 4.41. The second-order valence-corrected chi connectivity index (χ2v) is 4.30. The van der Waals surface area contributed by atoms with E-state index >= 15 is 0 Å². The summed E-state index contributed by atoms with van der Waals surface area (Å²) in [6.45, 7) is 1.06. The highest BCUT2D eigenvalue weighted by Gasteiger charge is 2.41. The Kier molecular flexibility index (Phi) is 3.11. The first-order valence-electron chi connectivity index (χ1n) is 5.45. The van der Waals surface area contributed by atoms with Crippen LogP contribution in [0.15, 0.2) is 18.2 Å². The lowest BCUT2D eigenvalue weighted by Gasteiger charge is -2.34. The van der Waals surface area contributed by atoms with Crippen molar-refractivity contribution >= 4 is 5.97 Å². The molecule has 0 amide bonds. The van der Waals surface area contributed by atoms with E-state index in [0.717, 1.165) is 18.2 Å². The van der Waals surface area contributed by atoms with Crippen molar-refractivity contribution in [1.29, 1.82) is 0 Å². The lowest BCUT2D eigenvalue weighted by Crippen LogP contribution is -2.45. The quantitative estimate of drug-likeness (QED) is 0.828. The number of benzene rings is 1. The van der Waals surface area contributed by atoms with Gasteiger partial charge in [0.05, 0.1) is 5.41 Å². The topological polar surface area (TPSA) is 49.3 Å². The van der Waals surface area contributed by atoms with Gasteiger partial charge in [0.15, 0.2) is 0 Å². The van der Waals surface area contributed by atoms with Crippen LogP contribution in [0.2, 0.25) is 0 Å². The van der Waals surface area contributed by atoms with Crippen molar-refractivity contribution in [1.82, 2.24) is 5.32 Å². The predicted molar refractivity (Wildman–Crippen MR) is 57.8 cm³/mol. The Labute approximate surface area is 97.5 Å². The number of piperidine rings is 1. The molecule has 0 saturated carbocycles. The van der Waals surface area contributed by atoms with Gasteiger partial charge < -0.3 is 10.4 Å². The molecule has 1 fully saturated rings.